The van der Waals surface area contributed by atoms with Crippen molar-refractivity contribution in [2.75, 3.05) is 6.54 Å². The maximum atomic E-state index is 11.1. The van der Waals surface area contributed by atoms with Crippen LogP contribution in [0.4, 0.5) is 0 Å². The highest BCUT2D eigenvalue weighted by Crippen LogP contribution is 2.23. The fourth-order valence-electron chi connectivity index (χ4n) is 2.06. The molecule has 2 heterocycles. The average molecular weight is 244 g/mol. The lowest BCUT2D eigenvalue weighted by atomic mass is 9.98. The Labute approximate surface area is 102 Å². The van der Waals surface area contributed by atoms with Crippen LogP contribution in [-0.2, 0) is 0 Å². The lowest BCUT2D eigenvalue weighted by Gasteiger charge is -2.12. The first-order valence-corrected chi connectivity index (χ1v) is 5.60. The normalized spacial score (nSPS) is 12.9. The van der Waals surface area contributed by atoms with Crippen LogP contribution in [0.25, 0.3) is 11.1 Å². The molecule has 1 aromatic carbocycles. The standard InChI is InChI=1S/C12H12N4O2/c13-6-8(11-14-3-4-15-11)7-1-2-10-9(5-7)16-12(17)18-10/h1-5,8H,6,13H2,(H,14,15)(H,16,17). The van der Waals surface area contributed by atoms with Gasteiger partial charge in [0, 0.05) is 18.9 Å². The number of benzene rings is 1. The molecule has 0 amide bonds. The molecule has 0 aliphatic carbocycles. The number of fused-ring (bicyclic) bond motifs is 1. The molecule has 1 atom stereocenters. The molecular formula is C12H12N4O2. The quantitative estimate of drug-likeness (QED) is 0.638. The van der Waals surface area contributed by atoms with E-state index in [0.717, 1.165) is 11.4 Å². The summed E-state index contributed by atoms with van der Waals surface area (Å²) in [7, 11) is 0. The Balaban J connectivity index is 2.09. The molecule has 0 spiro atoms. The molecular weight excluding hydrogens is 232 g/mol. The summed E-state index contributed by atoms with van der Waals surface area (Å²) < 4.78 is 4.96. The minimum absolute atomic E-state index is 0.0252. The third-order valence-corrected chi connectivity index (χ3v) is 2.93. The SMILES string of the molecule is NCC(c1ccc2oc(=O)[nH]c2c1)c1ncc[nH]1. The number of nitrogens with one attached hydrogen (secondary N) is 2. The second-order valence-electron chi connectivity index (χ2n) is 4.03. The van der Waals surface area contributed by atoms with Crippen molar-refractivity contribution in [3.05, 3.63) is 52.5 Å². The van der Waals surface area contributed by atoms with E-state index in [-0.39, 0.29) is 5.92 Å². The van der Waals surface area contributed by atoms with Gasteiger partial charge in [-0.25, -0.2) is 9.78 Å². The zero-order chi connectivity index (χ0) is 12.5. The van der Waals surface area contributed by atoms with E-state index < -0.39 is 5.76 Å². The van der Waals surface area contributed by atoms with E-state index in [2.05, 4.69) is 15.0 Å². The third kappa shape index (κ3) is 1.72. The number of hydrogen-bond donors (Lipinski definition) is 3. The minimum Gasteiger partial charge on any atom is -0.408 e. The zero-order valence-electron chi connectivity index (χ0n) is 9.51. The molecule has 0 aliphatic rings. The fraction of sp³-hybridized carbons (Fsp3) is 0.167. The van der Waals surface area contributed by atoms with Crippen molar-refractivity contribution < 1.29 is 4.42 Å². The van der Waals surface area contributed by atoms with E-state index in [1.807, 2.05) is 12.1 Å². The van der Waals surface area contributed by atoms with E-state index in [4.69, 9.17) is 10.2 Å². The number of nitrogens with two attached hydrogens (primary N) is 1. The van der Waals surface area contributed by atoms with Crippen LogP contribution in [-0.4, -0.2) is 21.5 Å². The first-order chi connectivity index (χ1) is 8.78. The van der Waals surface area contributed by atoms with Crippen LogP contribution in [0.5, 0.6) is 0 Å². The van der Waals surface area contributed by atoms with Crippen molar-refractivity contribution in [1.29, 1.82) is 0 Å². The molecule has 18 heavy (non-hydrogen) atoms. The van der Waals surface area contributed by atoms with Crippen LogP contribution < -0.4 is 11.5 Å². The van der Waals surface area contributed by atoms with Gasteiger partial charge in [-0.1, -0.05) is 6.07 Å². The summed E-state index contributed by atoms with van der Waals surface area (Å²) in [6, 6.07) is 5.51. The highest BCUT2D eigenvalue weighted by atomic mass is 16.4. The van der Waals surface area contributed by atoms with E-state index in [1.54, 1.807) is 18.5 Å². The molecule has 3 rings (SSSR count). The molecule has 0 fully saturated rings. The summed E-state index contributed by atoms with van der Waals surface area (Å²) in [4.78, 5) is 21.0. The number of rotatable bonds is 3. The van der Waals surface area contributed by atoms with Crippen molar-refractivity contribution in [2.24, 2.45) is 5.73 Å². The molecule has 2 aromatic heterocycles. The molecule has 1 unspecified atom stereocenters. The second-order valence-corrected chi connectivity index (χ2v) is 4.03. The Morgan fingerprint density at radius 2 is 2.33 bits per heavy atom. The van der Waals surface area contributed by atoms with Crippen molar-refractivity contribution in [3.8, 4) is 0 Å². The number of aromatic amines is 2. The van der Waals surface area contributed by atoms with Gasteiger partial charge in [0.2, 0.25) is 0 Å². The van der Waals surface area contributed by atoms with Crippen molar-refractivity contribution in [1.82, 2.24) is 15.0 Å². The average Bonchev–Trinajstić information content (AvgIpc) is 2.97. The Morgan fingerprint density at radius 3 is 3.06 bits per heavy atom. The van der Waals surface area contributed by atoms with Crippen molar-refractivity contribution in [3.63, 3.8) is 0 Å². The molecule has 0 aliphatic heterocycles. The van der Waals surface area contributed by atoms with Crippen molar-refractivity contribution in [2.45, 2.75) is 5.92 Å². The van der Waals surface area contributed by atoms with Crippen LogP contribution >= 0.6 is 0 Å². The predicted octanol–water partition coefficient (Wildman–Crippen LogP) is 0.935. The molecule has 6 nitrogen and oxygen atoms in total. The number of nitrogens with zero attached hydrogens (tertiary/aromatic N) is 1. The molecule has 92 valence electrons. The van der Waals surface area contributed by atoms with Crippen LogP contribution in [0, 0.1) is 0 Å². The number of hydrogen-bond acceptors (Lipinski definition) is 4. The lowest BCUT2D eigenvalue weighted by Crippen LogP contribution is -2.15. The van der Waals surface area contributed by atoms with E-state index in [0.29, 0.717) is 17.6 Å². The number of oxazole rings is 1. The molecule has 6 heteroatoms. The van der Waals surface area contributed by atoms with E-state index in [1.165, 1.54) is 0 Å². The van der Waals surface area contributed by atoms with Gasteiger partial charge < -0.3 is 15.1 Å². The molecule has 0 radical (unpaired) electrons. The van der Waals surface area contributed by atoms with Gasteiger partial charge in [-0.05, 0) is 17.7 Å². The Hall–Kier alpha value is -2.34. The molecule has 4 N–H and O–H groups in total. The zero-order valence-corrected chi connectivity index (χ0v) is 9.51. The van der Waals surface area contributed by atoms with Gasteiger partial charge in [0.25, 0.3) is 0 Å². The van der Waals surface area contributed by atoms with Crippen LogP contribution in [0.3, 0.4) is 0 Å². The van der Waals surface area contributed by atoms with Gasteiger partial charge in [0.05, 0.1) is 11.4 Å². The summed E-state index contributed by atoms with van der Waals surface area (Å²) >= 11 is 0. The summed E-state index contributed by atoms with van der Waals surface area (Å²) in [5, 5.41) is 0. The molecule has 0 saturated heterocycles. The second kappa shape index (κ2) is 4.15. The summed E-state index contributed by atoms with van der Waals surface area (Å²) in [5.74, 6) is 0.329. The van der Waals surface area contributed by atoms with Gasteiger partial charge >= 0.3 is 5.76 Å². The van der Waals surface area contributed by atoms with Crippen molar-refractivity contribution >= 4 is 11.1 Å². The Kier molecular flexibility index (Phi) is 2.49. The first kappa shape index (κ1) is 10.8. The summed E-state index contributed by atoms with van der Waals surface area (Å²) in [6.45, 7) is 0.432. The monoisotopic (exact) mass is 244 g/mol. The molecule has 0 bridgehead atoms. The minimum atomic E-state index is -0.454. The van der Waals surface area contributed by atoms with Gasteiger partial charge in [-0.15, -0.1) is 0 Å². The number of imidazole rings is 1. The molecule has 0 saturated carbocycles. The fourth-order valence-corrected chi connectivity index (χ4v) is 2.06. The molecule has 3 aromatic rings. The highest BCUT2D eigenvalue weighted by molar-refractivity contribution is 5.73. The van der Waals surface area contributed by atoms with Gasteiger partial charge in [0.15, 0.2) is 5.58 Å². The largest absolute Gasteiger partial charge is 0.417 e. The van der Waals surface area contributed by atoms with Crippen LogP contribution in [0.15, 0.2) is 39.8 Å². The maximum absolute atomic E-state index is 11.1. The summed E-state index contributed by atoms with van der Waals surface area (Å²) in [6.07, 6.45) is 3.45. The lowest BCUT2D eigenvalue weighted by molar-refractivity contribution is 0.555. The van der Waals surface area contributed by atoms with Gasteiger partial charge in [0.1, 0.15) is 5.82 Å². The first-order valence-electron chi connectivity index (χ1n) is 5.60. The smallest absolute Gasteiger partial charge is 0.408 e. The Morgan fingerprint density at radius 1 is 1.44 bits per heavy atom. The van der Waals surface area contributed by atoms with Gasteiger partial charge in [-0.2, -0.15) is 0 Å². The van der Waals surface area contributed by atoms with E-state index in [9.17, 15) is 4.79 Å². The summed E-state index contributed by atoms with van der Waals surface area (Å²) in [5.41, 5.74) is 7.98. The highest BCUT2D eigenvalue weighted by Gasteiger charge is 2.15. The van der Waals surface area contributed by atoms with Crippen LogP contribution in [0.1, 0.15) is 17.3 Å². The topological polar surface area (TPSA) is 101 Å². The van der Waals surface area contributed by atoms with E-state index >= 15 is 0 Å². The Bertz CT molecular complexity index is 711. The van der Waals surface area contributed by atoms with Gasteiger partial charge in [-0.3, -0.25) is 4.98 Å². The third-order valence-electron chi connectivity index (χ3n) is 2.93. The maximum Gasteiger partial charge on any atom is 0.417 e. The predicted molar refractivity (Wildman–Crippen MR) is 66.3 cm³/mol. The number of aromatic nitrogens is 3. The van der Waals surface area contributed by atoms with Crippen LogP contribution in [0.2, 0.25) is 0 Å². The number of H-pyrrole nitrogens is 2.